The maximum atomic E-state index is 5.40. The van der Waals surface area contributed by atoms with Crippen LogP contribution in [0.4, 0.5) is 0 Å². The van der Waals surface area contributed by atoms with E-state index in [-0.39, 0.29) is 0 Å². The highest BCUT2D eigenvalue weighted by Crippen LogP contribution is 2.11. The second kappa shape index (κ2) is 7.80. The molecule has 0 saturated heterocycles. The second-order valence-electron chi connectivity index (χ2n) is 4.90. The molecule has 1 aromatic heterocycles. The van der Waals surface area contributed by atoms with E-state index >= 15 is 0 Å². The van der Waals surface area contributed by atoms with Gasteiger partial charge in [-0.05, 0) is 43.5 Å². The van der Waals surface area contributed by atoms with E-state index in [2.05, 4.69) is 48.6 Å². The summed E-state index contributed by atoms with van der Waals surface area (Å²) in [4.78, 5) is 0. The third-order valence-electron chi connectivity index (χ3n) is 3.44. The summed E-state index contributed by atoms with van der Waals surface area (Å²) in [6.07, 6.45) is 6.21. The van der Waals surface area contributed by atoms with Crippen LogP contribution in [0.3, 0.4) is 0 Å². The molecule has 1 N–H and O–H groups in total. The Labute approximate surface area is 115 Å². The summed E-state index contributed by atoms with van der Waals surface area (Å²) in [5, 5.41) is 3.57. The van der Waals surface area contributed by atoms with Crippen molar-refractivity contribution in [2.75, 3.05) is 6.54 Å². The summed E-state index contributed by atoms with van der Waals surface area (Å²) in [6.45, 7) is 3.19. The van der Waals surface area contributed by atoms with Crippen molar-refractivity contribution >= 4 is 0 Å². The predicted octanol–water partition coefficient (Wildman–Crippen LogP) is 3.82. The number of hydrogen-bond acceptors (Lipinski definition) is 2. The Kier molecular flexibility index (Phi) is 5.70. The Hall–Kier alpha value is -1.54. The maximum absolute atomic E-state index is 5.40. The summed E-state index contributed by atoms with van der Waals surface area (Å²) in [5.41, 5.74) is 1.42. The zero-order chi connectivity index (χ0) is 13.3. The monoisotopic (exact) mass is 257 g/mol. The molecule has 1 unspecified atom stereocenters. The Morgan fingerprint density at radius 1 is 1.00 bits per heavy atom. The maximum Gasteiger partial charge on any atom is 0.103 e. The molecule has 1 aromatic carbocycles. The van der Waals surface area contributed by atoms with Gasteiger partial charge in [0.15, 0.2) is 0 Å². The fourth-order valence-electron chi connectivity index (χ4n) is 2.39. The van der Waals surface area contributed by atoms with Crippen LogP contribution in [-0.4, -0.2) is 12.6 Å². The number of hydrogen-bond donors (Lipinski definition) is 1. The van der Waals surface area contributed by atoms with Gasteiger partial charge in [0.25, 0.3) is 0 Å². The normalized spacial score (nSPS) is 12.5. The van der Waals surface area contributed by atoms with E-state index in [4.69, 9.17) is 4.42 Å². The van der Waals surface area contributed by atoms with Crippen molar-refractivity contribution in [3.05, 3.63) is 60.1 Å². The lowest BCUT2D eigenvalue weighted by molar-refractivity contribution is 0.432. The topological polar surface area (TPSA) is 25.2 Å². The Balaban J connectivity index is 1.78. The minimum Gasteiger partial charge on any atom is -0.469 e. The van der Waals surface area contributed by atoms with Crippen LogP contribution in [0.25, 0.3) is 0 Å². The minimum atomic E-state index is 0.565. The molecule has 0 aliphatic rings. The number of nitrogens with one attached hydrogen (secondary N) is 1. The zero-order valence-electron chi connectivity index (χ0n) is 11.6. The van der Waals surface area contributed by atoms with Crippen molar-refractivity contribution in [1.29, 1.82) is 0 Å². The minimum absolute atomic E-state index is 0.565. The van der Waals surface area contributed by atoms with Crippen molar-refractivity contribution in [2.24, 2.45) is 0 Å². The fraction of sp³-hybridized carbons (Fsp3) is 0.412. The molecule has 1 heterocycles. The van der Waals surface area contributed by atoms with Gasteiger partial charge in [0.05, 0.1) is 6.26 Å². The van der Waals surface area contributed by atoms with Crippen molar-refractivity contribution in [1.82, 2.24) is 5.32 Å². The average molecular weight is 257 g/mol. The van der Waals surface area contributed by atoms with Crippen LogP contribution in [0.2, 0.25) is 0 Å². The van der Waals surface area contributed by atoms with Gasteiger partial charge in [0.1, 0.15) is 5.76 Å². The first-order valence-corrected chi connectivity index (χ1v) is 7.18. The number of furan rings is 1. The lowest BCUT2D eigenvalue weighted by atomic mass is 10.0. The van der Waals surface area contributed by atoms with Crippen LogP contribution in [0.1, 0.15) is 31.1 Å². The van der Waals surface area contributed by atoms with Gasteiger partial charge >= 0.3 is 0 Å². The predicted molar refractivity (Wildman–Crippen MR) is 79.3 cm³/mol. The smallest absolute Gasteiger partial charge is 0.103 e. The molecule has 102 valence electrons. The lowest BCUT2D eigenvalue weighted by Crippen LogP contribution is -2.29. The van der Waals surface area contributed by atoms with Crippen LogP contribution in [0.5, 0.6) is 0 Å². The van der Waals surface area contributed by atoms with E-state index in [1.54, 1.807) is 6.26 Å². The van der Waals surface area contributed by atoms with Gasteiger partial charge in [-0.25, -0.2) is 0 Å². The van der Waals surface area contributed by atoms with Crippen LogP contribution in [0, 0.1) is 0 Å². The molecule has 0 radical (unpaired) electrons. The number of rotatable bonds is 8. The quantitative estimate of drug-likeness (QED) is 0.777. The first-order valence-electron chi connectivity index (χ1n) is 7.18. The lowest BCUT2D eigenvalue weighted by Gasteiger charge is -2.17. The summed E-state index contributed by atoms with van der Waals surface area (Å²) < 4.78 is 5.40. The van der Waals surface area contributed by atoms with Crippen molar-refractivity contribution in [3.63, 3.8) is 0 Å². The van der Waals surface area contributed by atoms with Gasteiger partial charge in [0, 0.05) is 12.5 Å². The molecule has 0 aliphatic heterocycles. The molecule has 2 nitrogen and oxygen atoms in total. The molecular weight excluding hydrogens is 234 g/mol. The van der Waals surface area contributed by atoms with Gasteiger partial charge in [-0.1, -0.05) is 37.3 Å². The molecule has 19 heavy (non-hydrogen) atoms. The molecule has 1 atom stereocenters. The Morgan fingerprint density at radius 2 is 1.79 bits per heavy atom. The van der Waals surface area contributed by atoms with Gasteiger partial charge in [-0.2, -0.15) is 0 Å². The van der Waals surface area contributed by atoms with E-state index in [0.29, 0.717) is 6.04 Å². The third kappa shape index (κ3) is 4.92. The van der Waals surface area contributed by atoms with Gasteiger partial charge in [-0.15, -0.1) is 0 Å². The summed E-state index contributed by atoms with van der Waals surface area (Å²) in [6, 6.07) is 15.3. The Morgan fingerprint density at radius 3 is 2.47 bits per heavy atom. The van der Waals surface area contributed by atoms with Crippen LogP contribution in [-0.2, 0) is 12.8 Å². The first-order chi connectivity index (χ1) is 9.38. The van der Waals surface area contributed by atoms with Crippen molar-refractivity contribution < 1.29 is 4.42 Å². The zero-order valence-corrected chi connectivity index (χ0v) is 11.6. The molecule has 0 bridgehead atoms. The van der Waals surface area contributed by atoms with Crippen LogP contribution in [0.15, 0.2) is 53.1 Å². The third-order valence-corrected chi connectivity index (χ3v) is 3.44. The van der Waals surface area contributed by atoms with Gasteiger partial charge in [-0.3, -0.25) is 0 Å². The molecular formula is C17H23NO. The molecule has 0 spiro atoms. The van der Waals surface area contributed by atoms with E-state index in [0.717, 1.165) is 31.6 Å². The molecule has 2 aromatic rings. The second-order valence-corrected chi connectivity index (χ2v) is 4.90. The fourth-order valence-corrected chi connectivity index (χ4v) is 2.39. The first kappa shape index (κ1) is 13.9. The SMILES string of the molecule is CCNC(CCc1ccccc1)CCc1ccco1. The van der Waals surface area contributed by atoms with E-state index in [9.17, 15) is 0 Å². The van der Waals surface area contributed by atoms with E-state index in [1.165, 1.54) is 12.0 Å². The van der Waals surface area contributed by atoms with Gasteiger partial charge < -0.3 is 9.73 Å². The molecule has 2 heteroatoms. The highest BCUT2D eigenvalue weighted by molar-refractivity contribution is 5.14. The molecule has 0 saturated carbocycles. The van der Waals surface area contributed by atoms with E-state index < -0.39 is 0 Å². The van der Waals surface area contributed by atoms with Gasteiger partial charge in [0.2, 0.25) is 0 Å². The molecule has 0 aliphatic carbocycles. The van der Waals surface area contributed by atoms with Crippen molar-refractivity contribution in [3.8, 4) is 0 Å². The summed E-state index contributed by atoms with van der Waals surface area (Å²) in [7, 11) is 0. The number of benzene rings is 1. The largest absolute Gasteiger partial charge is 0.469 e. The summed E-state index contributed by atoms with van der Waals surface area (Å²) in [5.74, 6) is 1.09. The summed E-state index contributed by atoms with van der Waals surface area (Å²) >= 11 is 0. The van der Waals surface area contributed by atoms with Crippen LogP contribution >= 0.6 is 0 Å². The Bertz CT molecular complexity index is 436. The van der Waals surface area contributed by atoms with Crippen molar-refractivity contribution in [2.45, 2.75) is 38.6 Å². The van der Waals surface area contributed by atoms with E-state index in [1.807, 2.05) is 6.07 Å². The molecule has 0 amide bonds. The number of aryl methyl sites for hydroxylation is 2. The molecule has 0 fully saturated rings. The highest BCUT2D eigenvalue weighted by Gasteiger charge is 2.08. The molecule has 2 rings (SSSR count). The highest BCUT2D eigenvalue weighted by atomic mass is 16.3. The standard InChI is InChI=1S/C17H23NO/c1-2-18-16(12-13-17-9-6-14-19-17)11-10-15-7-4-3-5-8-15/h3-9,14,16,18H,2,10-13H2,1H3. The van der Waals surface area contributed by atoms with Crippen LogP contribution < -0.4 is 5.32 Å². The average Bonchev–Trinajstić information content (AvgIpc) is 2.96.